The lowest BCUT2D eigenvalue weighted by molar-refractivity contribution is -0.119. The highest BCUT2D eigenvalue weighted by Gasteiger charge is 2.07. The number of carbonyl (C=O) groups is 3. The maximum absolute atomic E-state index is 11.6. The van der Waals surface area contributed by atoms with Crippen molar-refractivity contribution in [1.82, 2.24) is 5.32 Å². The van der Waals surface area contributed by atoms with Crippen LogP contribution in [0, 0.1) is 0 Å². The first-order chi connectivity index (χ1) is 9.04. The smallest absolute Gasteiger partial charge is 0.356 e. The van der Waals surface area contributed by atoms with E-state index in [0.717, 1.165) is 0 Å². The summed E-state index contributed by atoms with van der Waals surface area (Å²) in [4.78, 5) is 40.6. The molecule has 0 bridgehead atoms. The van der Waals surface area contributed by atoms with Crippen molar-refractivity contribution < 1.29 is 14.4 Å². The molecule has 0 spiro atoms. The topological polar surface area (TPSA) is 100.0 Å². The van der Waals surface area contributed by atoms with Crippen LogP contribution in [-0.2, 0) is 9.59 Å². The van der Waals surface area contributed by atoms with Crippen LogP contribution in [0.25, 0.3) is 0 Å². The molecule has 1 aliphatic heterocycles. The van der Waals surface area contributed by atoms with Gasteiger partial charge in [-0.3, -0.25) is 9.59 Å². The van der Waals surface area contributed by atoms with Crippen molar-refractivity contribution in [3.8, 4) is 0 Å². The second-order valence-electron chi connectivity index (χ2n) is 3.99. The average Bonchev–Trinajstić information content (AvgIpc) is 2.67. The minimum Gasteiger partial charge on any atom is -0.356 e. The summed E-state index contributed by atoms with van der Waals surface area (Å²) < 4.78 is 0. The van der Waals surface area contributed by atoms with Crippen LogP contribution in [-0.4, -0.2) is 24.4 Å². The Balaban J connectivity index is 1.98. The van der Waals surface area contributed by atoms with Crippen molar-refractivity contribution in [2.45, 2.75) is 13.3 Å². The van der Waals surface area contributed by atoms with Gasteiger partial charge in [0, 0.05) is 25.6 Å². The fraction of sp³-hybridized carbons (Fsp3) is 0.250. The molecule has 0 aliphatic carbocycles. The number of anilines is 1. The molecule has 4 amide bonds. The number of nitrogens with zero attached hydrogens (tertiary/aromatic N) is 2. The molecule has 0 atom stereocenters. The Kier molecular flexibility index (Phi) is 3.65. The molecule has 7 heteroatoms. The Hall–Kier alpha value is -2.57. The third-order valence-corrected chi connectivity index (χ3v) is 2.42. The van der Waals surface area contributed by atoms with Gasteiger partial charge in [-0.05, 0) is 18.2 Å². The number of nitrogens with one attached hydrogen (secondary N) is 2. The van der Waals surface area contributed by atoms with E-state index >= 15 is 0 Å². The lowest BCUT2D eigenvalue weighted by Crippen LogP contribution is -2.26. The van der Waals surface area contributed by atoms with Crippen molar-refractivity contribution in [3.63, 3.8) is 0 Å². The molecule has 0 saturated carbocycles. The first-order valence-corrected chi connectivity index (χ1v) is 5.70. The van der Waals surface area contributed by atoms with Crippen LogP contribution in [0.1, 0.15) is 13.3 Å². The van der Waals surface area contributed by atoms with Gasteiger partial charge in [-0.2, -0.15) is 9.98 Å². The van der Waals surface area contributed by atoms with Crippen molar-refractivity contribution in [3.05, 3.63) is 28.9 Å². The van der Waals surface area contributed by atoms with Crippen LogP contribution in [0.3, 0.4) is 0 Å². The van der Waals surface area contributed by atoms with Gasteiger partial charge in [0.05, 0.1) is 10.7 Å². The van der Waals surface area contributed by atoms with Gasteiger partial charge < -0.3 is 10.6 Å². The predicted octanol–water partition coefficient (Wildman–Crippen LogP) is -0.476. The Morgan fingerprint density at radius 1 is 1.21 bits per heavy atom. The number of fused-ring (bicyclic) bond motifs is 1. The predicted molar refractivity (Wildman–Crippen MR) is 66.1 cm³/mol. The van der Waals surface area contributed by atoms with E-state index in [-0.39, 0.29) is 24.8 Å². The van der Waals surface area contributed by atoms with E-state index in [1.165, 1.54) is 6.92 Å². The summed E-state index contributed by atoms with van der Waals surface area (Å²) in [5, 5.41) is 6.14. The lowest BCUT2D eigenvalue weighted by atomic mass is 10.3. The van der Waals surface area contributed by atoms with E-state index in [4.69, 9.17) is 0 Å². The molecule has 19 heavy (non-hydrogen) atoms. The highest BCUT2D eigenvalue weighted by atomic mass is 16.2. The molecule has 98 valence electrons. The summed E-state index contributed by atoms with van der Waals surface area (Å²) >= 11 is 0. The quantitative estimate of drug-likeness (QED) is 0.765. The number of hydrogen-bond acceptors (Lipinski definition) is 3. The number of carbonyl (C=O) groups excluding carboxylic acids is 3. The van der Waals surface area contributed by atoms with Crippen LogP contribution in [0.15, 0.2) is 28.2 Å². The van der Waals surface area contributed by atoms with Crippen molar-refractivity contribution in [2.24, 2.45) is 9.98 Å². The van der Waals surface area contributed by atoms with Gasteiger partial charge in [-0.15, -0.1) is 0 Å². The van der Waals surface area contributed by atoms with Gasteiger partial charge in [0.1, 0.15) is 0 Å². The zero-order valence-corrected chi connectivity index (χ0v) is 10.3. The van der Waals surface area contributed by atoms with Crippen LogP contribution in [0.5, 0.6) is 0 Å². The van der Waals surface area contributed by atoms with Crippen LogP contribution < -0.4 is 21.3 Å². The van der Waals surface area contributed by atoms with Gasteiger partial charge in [-0.25, -0.2) is 4.79 Å². The maximum atomic E-state index is 11.6. The lowest BCUT2D eigenvalue weighted by Gasteiger charge is -2.04. The Morgan fingerprint density at radius 3 is 2.68 bits per heavy atom. The third kappa shape index (κ3) is 3.44. The highest BCUT2D eigenvalue weighted by molar-refractivity contribution is 5.91. The summed E-state index contributed by atoms with van der Waals surface area (Å²) in [6, 6.07) is 4.31. The second-order valence-corrected chi connectivity index (χ2v) is 3.99. The summed E-state index contributed by atoms with van der Waals surface area (Å²) in [6.07, 6.45) is 0.178. The maximum Gasteiger partial charge on any atom is 0.368 e. The van der Waals surface area contributed by atoms with Gasteiger partial charge in [0.25, 0.3) is 0 Å². The van der Waals surface area contributed by atoms with Crippen molar-refractivity contribution in [2.75, 3.05) is 11.9 Å². The van der Waals surface area contributed by atoms with E-state index in [0.29, 0.717) is 16.4 Å². The molecular formula is C12H12N4O3. The molecule has 2 N–H and O–H groups in total. The highest BCUT2D eigenvalue weighted by Crippen LogP contribution is 2.02. The Morgan fingerprint density at radius 2 is 1.95 bits per heavy atom. The van der Waals surface area contributed by atoms with Crippen molar-refractivity contribution >= 4 is 23.5 Å². The number of amides is 4. The normalized spacial score (nSPS) is 12.2. The summed E-state index contributed by atoms with van der Waals surface area (Å²) in [6.45, 7) is 1.67. The third-order valence-electron chi connectivity index (χ3n) is 2.42. The van der Waals surface area contributed by atoms with Gasteiger partial charge >= 0.3 is 6.03 Å². The van der Waals surface area contributed by atoms with Crippen LogP contribution >= 0.6 is 0 Å². The largest absolute Gasteiger partial charge is 0.368 e. The van der Waals surface area contributed by atoms with E-state index in [9.17, 15) is 14.4 Å². The van der Waals surface area contributed by atoms with Crippen molar-refractivity contribution in [1.29, 1.82) is 0 Å². The number of hydrogen-bond donors (Lipinski definition) is 2. The van der Waals surface area contributed by atoms with E-state index in [1.54, 1.807) is 18.2 Å². The number of rotatable bonds is 4. The SMILES string of the molecule is CC(=O)NCCC(=O)Nc1ccc2c(c1)=NC(=O)N=2. The zero-order valence-electron chi connectivity index (χ0n) is 10.3. The van der Waals surface area contributed by atoms with Crippen LogP contribution in [0.2, 0.25) is 0 Å². The van der Waals surface area contributed by atoms with Gasteiger partial charge in [0.2, 0.25) is 11.8 Å². The monoisotopic (exact) mass is 260 g/mol. The standard InChI is InChI=1S/C12H12N4O3/c1-7(17)13-5-4-11(18)14-8-2-3-9-10(6-8)16-12(19)15-9/h2-3,6H,4-5H2,1H3,(H,13,17)(H,14,18). The molecule has 1 aromatic rings. The average molecular weight is 260 g/mol. The van der Waals surface area contributed by atoms with E-state index < -0.39 is 6.03 Å². The number of benzene rings is 1. The summed E-state index contributed by atoms with van der Waals surface area (Å²) in [5.74, 6) is -0.404. The molecule has 1 aliphatic rings. The zero-order chi connectivity index (χ0) is 13.8. The molecule has 0 fully saturated rings. The van der Waals surface area contributed by atoms with Gasteiger partial charge in [-0.1, -0.05) is 0 Å². The molecule has 0 radical (unpaired) electrons. The van der Waals surface area contributed by atoms with Crippen LogP contribution in [0.4, 0.5) is 10.5 Å². The summed E-state index contributed by atoms with van der Waals surface area (Å²) in [5.41, 5.74) is 0.542. The van der Waals surface area contributed by atoms with E-state index in [2.05, 4.69) is 20.6 Å². The molecule has 0 unspecified atom stereocenters. The molecular weight excluding hydrogens is 248 g/mol. The fourth-order valence-corrected chi connectivity index (χ4v) is 1.59. The van der Waals surface area contributed by atoms with Gasteiger partial charge in [0.15, 0.2) is 0 Å². The minimum atomic E-state index is -0.538. The summed E-state index contributed by atoms with van der Waals surface area (Å²) in [7, 11) is 0. The van der Waals surface area contributed by atoms with E-state index in [1.807, 2.05) is 0 Å². The fourth-order valence-electron chi connectivity index (χ4n) is 1.59. The Bertz CT molecular complexity index is 666. The number of urea groups is 1. The second kappa shape index (κ2) is 5.38. The molecule has 1 aromatic carbocycles. The molecule has 0 saturated heterocycles. The first kappa shape index (κ1) is 12.9. The molecule has 7 nitrogen and oxygen atoms in total. The molecule has 2 rings (SSSR count). The molecule has 1 heterocycles. The molecule has 0 aromatic heterocycles. The first-order valence-electron chi connectivity index (χ1n) is 5.70. The minimum absolute atomic E-state index is 0.177. The Labute approximate surface area is 108 Å².